The van der Waals surface area contributed by atoms with Gasteiger partial charge in [-0.05, 0) is 55.2 Å². The Morgan fingerprint density at radius 2 is 1.93 bits per heavy atom. The molecule has 1 heterocycles. The number of halogens is 1. The zero-order valence-electron chi connectivity index (χ0n) is 15.9. The van der Waals surface area contributed by atoms with E-state index in [9.17, 15) is 9.90 Å². The van der Waals surface area contributed by atoms with E-state index in [1.807, 2.05) is 18.2 Å². The van der Waals surface area contributed by atoms with Crippen LogP contribution in [0.3, 0.4) is 0 Å². The van der Waals surface area contributed by atoms with E-state index in [1.54, 1.807) is 19.1 Å². The Balaban J connectivity index is 1.82. The van der Waals surface area contributed by atoms with E-state index in [2.05, 4.69) is 6.92 Å². The summed E-state index contributed by atoms with van der Waals surface area (Å²) < 4.78 is 11.6. The lowest BCUT2D eigenvalue weighted by atomic mass is 9.99. The zero-order valence-corrected chi connectivity index (χ0v) is 16.7. The van der Waals surface area contributed by atoms with Gasteiger partial charge in [-0.1, -0.05) is 31.0 Å². The zero-order chi connectivity index (χ0) is 20.3. The number of fused-ring (bicyclic) bond motifs is 1. The molecule has 0 spiro atoms. The summed E-state index contributed by atoms with van der Waals surface area (Å²) in [4.78, 5) is 10.9. The summed E-state index contributed by atoms with van der Waals surface area (Å²) in [6.07, 6.45) is 2.44. The molecule has 0 atom stereocenters. The van der Waals surface area contributed by atoms with Gasteiger partial charge in [0.15, 0.2) is 5.75 Å². The summed E-state index contributed by atoms with van der Waals surface area (Å²) in [6.45, 7) is 4.02. The molecule has 2 aromatic carbocycles. The smallest absolute Gasteiger partial charge is 0.303 e. The molecule has 6 heteroatoms. The molecule has 5 nitrogen and oxygen atoms in total. The highest BCUT2D eigenvalue weighted by molar-refractivity contribution is 6.31. The van der Waals surface area contributed by atoms with Gasteiger partial charge in [0, 0.05) is 17.0 Å². The fourth-order valence-corrected chi connectivity index (χ4v) is 3.53. The quantitative estimate of drug-likeness (QED) is 0.509. The third-order valence-corrected chi connectivity index (χ3v) is 4.89. The average Bonchev–Trinajstić information content (AvgIpc) is 2.94. The molecule has 28 heavy (non-hydrogen) atoms. The van der Waals surface area contributed by atoms with E-state index in [1.165, 1.54) is 0 Å². The van der Waals surface area contributed by atoms with Crippen molar-refractivity contribution in [2.24, 2.45) is 0 Å². The van der Waals surface area contributed by atoms with Gasteiger partial charge in [0.05, 0.1) is 5.39 Å². The predicted molar refractivity (Wildman–Crippen MR) is 108 cm³/mol. The monoisotopic (exact) mass is 402 g/mol. The number of furan rings is 1. The highest BCUT2D eigenvalue weighted by Gasteiger charge is 2.15. The van der Waals surface area contributed by atoms with Gasteiger partial charge >= 0.3 is 5.97 Å². The number of aryl methyl sites for hydroxylation is 3. The topological polar surface area (TPSA) is 79.9 Å². The van der Waals surface area contributed by atoms with Crippen LogP contribution in [0.1, 0.15) is 42.2 Å². The van der Waals surface area contributed by atoms with E-state index < -0.39 is 5.97 Å². The molecule has 0 aliphatic heterocycles. The number of hydrogen-bond acceptors (Lipinski definition) is 4. The van der Waals surface area contributed by atoms with Gasteiger partial charge in [0.1, 0.15) is 23.7 Å². The van der Waals surface area contributed by atoms with Crippen LogP contribution in [0.5, 0.6) is 11.5 Å². The van der Waals surface area contributed by atoms with E-state index in [4.69, 9.17) is 25.9 Å². The summed E-state index contributed by atoms with van der Waals surface area (Å²) >= 11 is 6.18. The van der Waals surface area contributed by atoms with Crippen LogP contribution in [-0.2, 0) is 24.2 Å². The number of rotatable bonds is 8. The van der Waals surface area contributed by atoms with Crippen molar-refractivity contribution in [2.75, 3.05) is 0 Å². The fraction of sp³-hybridized carbons (Fsp3) is 0.318. The molecule has 0 aliphatic rings. The van der Waals surface area contributed by atoms with E-state index in [0.29, 0.717) is 33.9 Å². The maximum absolute atomic E-state index is 10.9. The molecule has 0 bridgehead atoms. The third-order valence-electron chi connectivity index (χ3n) is 4.67. The first-order valence-electron chi connectivity index (χ1n) is 9.26. The highest BCUT2D eigenvalue weighted by atomic mass is 35.5. The first-order valence-corrected chi connectivity index (χ1v) is 9.63. The van der Waals surface area contributed by atoms with Crippen LogP contribution in [0.15, 0.2) is 34.7 Å². The Hall–Kier alpha value is -2.66. The second kappa shape index (κ2) is 8.57. The lowest BCUT2D eigenvalue weighted by molar-refractivity contribution is -0.136. The first kappa shape index (κ1) is 20.1. The molecular formula is C22H23ClO5. The minimum atomic E-state index is -0.801. The van der Waals surface area contributed by atoms with Crippen LogP contribution in [0.2, 0.25) is 5.02 Å². The summed E-state index contributed by atoms with van der Waals surface area (Å²) in [7, 11) is 0. The second-order valence-corrected chi connectivity index (χ2v) is 7.25. The van der Waals surface area contributed by atoms with Crippen molar-refractivity contribution in [3.8, 4) is 11.5 Å². The molecule has 148 valence electrons. The van der Waals surface area contributed by atoms with Crippen LogP contribution < -0.4 is 4.74 Å². The Bertz CT molecular complexity index is 1010. The fourth-order valence-electron chi connectivity index (χ4n) is 3.29. The van der Waals surface area contributed by atoms with Gasteiger partial charge < -0.3 is 19.4 Å². The lowest BCUT2D eigenvalue weighted by Gasteiger charge is -2.12. The van der Waals surface area contributed by atoms with Crippen molar-refractivity contribution in [2.45, 2.75) is 46.1 Å². The average molecular weight is 403 g/mol. The van der Waals surface area contributed by atoms with Gasteiger partial charge in [-0.2, -0.15) is 0 Å². The normalized spacial score (nSPS) is 11.1. The Morgan fingerprint density at radius 3 is 2.64 bits per heavy atom. The number of hydrogen-bond donors (Lipinski definition) is 2. The molecule has 0 fully saturated rings. The Kier molecular flexibility index (Phi) is 6.15. The molecule has 2 N–H and O–H groups in total. The number of carboxylic acid groups (broad SMARTS) is 1. The molecule has 3 rings (SSSR count). The van der Waals surface area contributed by atoms with E-state index in [0.717, 1.165) is 29.5 Å². The molecule has 1 aromatic heterocycles. The lowest BCUT2D eigenvalue weighted by Crippen LogP contribution is -2.02. The van der Waals surface area contributed by atoms with Crippen molar-refractivity contribution >= 4 is 28.5 Å². The van der Waals surface area contributed by atoms with Crippen LogP contribution in [-0.4, -0.2) is 16.2 Å². The first-order chi connectivity index (χ1) is 13.4. The maximum Gasteiger partial charge on any atom is 0.303 e. The minimum absolute atomic E-state index is 0.0896. The minimum Gasteiger partial charge on any atom is -0.504 e. The summed E-state index contributed by atoms with van der Waals surface area (Å²) in [5.74, 6) is 0.422. The molecule has 0 aliphatic carbocycles. The largest absolute Gasteiger partial charge is 0.504 e. The van der Waals surface area contributed by atoms with Gasteiger partial charge in [-0.3, -0.25) is 4.79 Å². The van der Waals surface area contributed by atoms with Gasteiger partial charge in [0.2, 0.25) is 0 Å². The molecule has 0 unspecified atom stereocenters. The van der Waals surface area contributed by atoms with Gasteiger partial charge in [-0.25, -0.2) is 0 Å². The predicted octanol–water partition coefficient (Wildman–Crippen LogP) is 5.65. The van der Waals surface area contributed by atoms with Crippen LogP contribution in [0, 0.1) is 6.92 Å². The third kappa shape index (κ3) is 4.42. The van der Waals surface area contributed by atoms with Crippen LogP contribution >= 0.6 is 11.6 Å². The van der Waals surface area contributed by atoms with Crippen molar-refractivity contribution in [3.63, 3.8) is 0 Å². The van der Waals surface area contributed by atoms with E-state index >= 15 is 0 Å². The SMILES string of the molecule is CCCc1cc(OCc2cc(Cl)cc3c(O)c(C)oc23)ccc1CCC(=O)O. The second-order valence-electron chi connectivity index (χ2n) is 6.81. The molecule has 0 radical (unpaired) electrons. The summed E-state index contributed by atoms with van der Waals surface area (Å²) in [5.41, 5.74) is 3.45. The standard InChI is InChI=1S/C22H23ClO5/c1-3-4-15-10-18(7-5-14(15)6-8-20(24)25)27-12-16-9-17(23)11-19-21(26)13(2)28-22(16)19/h5,7,9-11,26H,3-4,6,8,12H2,1-2H3,(H,24,25). The number of aromatic hydroxyl groups is 1. The van der Waals surface area contributed by atoms with E-state index in [-0.39, 0.29) is 18.8 Å². The van der Waals surface area contributed by atoms with Crippen molar-refractivity contribution in [3.05, 3.63) is 57.8 Å². The van der Waals surface area contributed by atoms with Gasteiger partial charge in [-0.15, -0.1) is 0 Å². The van der Waals surface area contributed by atoms with Crippen molar-refractivity contribution in [1.29, 1.82) is 0 Å². The number of benzene rings is 2. The van der Waals surface area contributed by atoms with Crippen LogP contribution in [0.4, 0.5) is 0 Å². The van der Waals surface area contributed by atoms with Crippen molar-refractivity contribution < 1.29 is 24.2 Å². The summed E-state index contributed by atoms with van der Waals surface area (Å²) in [6, 6.07) is 9.18. The highest BCUT2D eigenvalue weighted by Crippen LogP contribution is 2.36. The molecular weight excluding hydrogens is 380 g/mol. The molecule has 3 aromatic rings. The molecule has 0 saturated heterocycles. The van der Waals surface area contributed by atoms with Gasteiger partial charge in [0.25, 0.3) is 0 Å². The number of ether oxygens (including phenoxy) is 1. The Labute approximate surface area is 168 Å². The van der Waals surface area contributed by atoms with Crippen LogP contribution in [0.25, 0.3) is 11.0 Å². The number of aliphatic carboxylic acids is 1. The number of carbonyl (C=O) groups is 1. The summed E-state index contributed by atoms with van der Waals surface area (Å²) in [5, 5.41) is 20.1. The Morgan fingerprint density at radius 1 is 1.14 bits per heavy atom. The van der Waals surface area contributed by atoms with Crippen molar-refractivity contribution in [1.82, 2.24) is 0 Å². The number of carboxylic acids is 1. The molecule has 0 saturated carbocycles. The maximum atomic E-state index is 10.9. The molecule has 0 amide bonds.